The maximum Gasteiger partial charge on any atom is 0.287 e. The Morgan fingerprint density at radius 3 is 2.67 bits per heavy atom. The molecule has 1 aliphatic rings. The number of rotatable bonds is 4. The minimum Gasteiger partial charge on any atom is -0.349 e. The van der Waals surface area contributed by atoms with Crippen molar-refractivity contribution in [3.8, 4) is 0 Å². The quantitative estimate of drug-likeness (QED) is 0.834. The number of amides is 1. The van der Waals surface area contributed by atoms with E-state index in [2.05, 4.69) is 10.3 Å². The van der Waals surface area contributed by atoms with Gasteiger partial charge in [-0.2, -0.15) is 0 Å². The van der Waals surface area contributed by atoms with Crippen LogP contribution in [-0.2, 0) is 7.05 Å². The molecule has 1 fully saturated rings. The molecule has 3 N–H and O–H groups in total. The van der Waals surface area contributed by atoms with Crippen LogP contribution >= 0.6 is 0 Å². The maximum absolute atomic E-state index is 11.9. The lowest BCUT2D eigenvalue weighted by Crippen LogP contribution is -2.33. The molecule has 5 heteroatoms. The van der Waals surface area contributed by atoms with Crippen LogP contribution in [0.25, 0.3) is 0 Å². The van der Waals surface area contributed by atoms with Gasteiger partial charge in [0.25, 0.3) is 5.91 Å². The van der Waals surface area contributed by atoms with Crippen molar-refractivity contribution in [1.29, 1.82) is 0 Å². The summed E-state index contributed by atoms with van der Waals surface area (Å²) >= 11 is 0. The van der Waals surface area contributed by atoms with Crippen LogP contribution in [0.3, 0.4) is 0 Å². The second-order valence-electron chi connectivity index (χ2n) is 5.19. The SMILES string of the molecule is Cn1ccnc1C(=O)NCC1CCC(CN)CC1. The van der Waals surface area contributed by atoms with Crippen LogP contribution in [0, 0.1) is 11.8 Å². The number of nitrogens with two attached hydrogens (primary N) is 1. The summed E-state index contributed by atoms with van der Waals surface area (Å²) in [5.41, 5.74) is 5.67. The Hall–Kier alpha value is -1.36. The van der Waals surface area contributed by atoms with Gasteiger partial charge < -0.3 is 15.6 Å². The van der Waals surface area contributed by atoms with Crippen LogP contribution in [0.1, 0.15) is 36.3 Å². The van der Waals surface area contributed by atoms with Crippen LogP contribution in [0.15, 0.2) is 12.4 Å². The van der Waals surface area contributed by atoms with Crippen molar-refractivity contribution < 1.29 is 4.79 Å². The number of aromatic nitrogens is 2. The van der Waals surface area contributed by atoms with E-state index in [1.807, 2.05) is 7.05 Å². The smallest absolute Gasteiger partial charge is 0.287 e. The van der Waals surface area contributed by atoms with Gasteiger partial charge >= 0.3 is 0 Å². The molecule has 1 heterocycles. The summed E-state index contributed by atoms with van der Waals surface area (Å²) in [7, 11) is 1.83. The third-order valence-corrected chi connectivity index (χ3v) is 3.88. The number of nitrogens with one attached hydrogen (secondary N) is 1. The Balaban J connectivity index is 1.76. The van der Waals surface area contributed by atoms with E-state index in [0.29, 0.717) is 17.7 Å². The number of carbonyl (C=O) groups excluding carboxylic acids is 1. The van der Waals surface area contributed by atoms with E-state index in [1.165, 1.54) is 25.7 Å². The lowest BCUT2D eigenvalue weighted by atomic mass is 9.82. The van der Waals surface area contributed by atoms with Crippen molar-refractivity contribution in [2.45, 2.75) is 25.7 Å². The van der Waals surface area contributed by atoms with Gasteiger partial charge in [-0.05, 0) is 44.1 Å². The molecule has 1 amide bonds. The second-order valence-corrected chi connectivity index (χ2v) is 5.19. The summed E-state index contributed by atoms with van der Waals surface area (Å²) in [6.45, 7) is 1.55. The van der Waals surface area contributed by atoms with Gasteiger partial charge in [0, 0.05) is 26.0 Å². The number of carbonyl (C=O) groups is 1. The van der Waals surface area contributed by atoms with Gasteiger partial charge in [0.1, 0.15) is 0 Å². The number of aryl methyl sites for hydroxylation is 1. The fourth-order valence-electron chi connectivity index (χ4n) is 2.57. The van der Waals surface area contributed by atoms with E-state index in [4.69, 9.17) is 5.73 Å². The zero-order valence-electron chi connectivity index (χ0n) is 10.9. The summed E-state index contributed by atoms with van der Waals surface area (Å²) in [6, 6.07) is 0. The fourth-order valence-corrected chi connectivity index (χ4v) is 2.57. The molecule has 0 saturated heterocycles. The lowest BCUT2D eigenvalue weighted by molar-refractivity contribution is 0.0928. The number of hydrogen-bond donors (Lipinski definition) is 2. The highest BCUT2D eigenvalue weighted by molar-refractivity contribution is 5.90. The molecule has 100 valence electrons. The van der Waals surface area contributed by atoms with Crippen molar-refractivity contribution in [1.82, 2.24) is 14.9 Å². The van der Waals surface area contributed by atoms with Crippen LogP contribution in [0.4, 0.5) is 0 Å². The Labute approximate surface area is 108 Å². The molecule has 0 aliphatic heterocycles. The average molecular weight is 250 g/mol. The first kappa shape index (κ1) is 13.1. The fraction of sp³-hybridized carbons (Fsp3) is 0.692. The number of hydrogen-bond acceptors (Lipinski definition) is 3. The van der Waals surface area contributed by atoms with Crippen molar-refractivity contribution in [3.63, 3.8) is 0 Å². The number of imidazole rings is 1. The Kier molecular flexibility index (Phi) is 4.36. The Bertz CT molecular complexity index is 393. The van der Waals surface area contributed by atoms with Crippen molar-refractivity contribution in [2.24, 2.45) is 24.6 Å². The van der Waals surface area contributed by atoms with Crippen LogP contribution in [0.5, 0.6) is 0 Å². The van der Waals surface area contributed by atoms with E-state index in [1.54, 1.807) is 17.0 Å². The highest BCUT2D eigenvalue weighted by atomic mass is 16.2. The first-order valence-corrected chi connectivity index (χ1v) is 6.66. The number of nitrogens with zero attached hydrogens (tertiary/aromatic N) is 2. The standard InChI is InChI=1S/C13H22N4O/c1-17-7-6-15-12(17)13(18)16-9-11-4-2-10(8-14)3-5-11/h6-7,10-11H,2-5,8-9,14H2,1H3,(H,16,18). The van der Waals surface area contributed by atoms with Gasteiger partial charge in [-0.15, -0.1) is 0 Å². The first-order chi connectivity index (χ1) is 8.70. The third kappa shape index (κ3) is 3.10. The molecule has 18 heavy (non-hydrogen) atoms. The maximum atomic E-state index is 11.9. The molecule has 1 aromatic rings. The van der Waals surface area contributed by atoms with Crippen molar-refractivity contribution >= 4 is 5.91 Å². The van der Waals surface area contributed by atoms with E-state index in [9.17, 15) is 4.79 Å². The first-order valence-electron chi connectivity index (χ1n) is 6.66. The van der Waals surface area contributed by atoms with Gasteiger partial charge in [0.2, 0.25) is 0 Å². The monoisotopic (exact) mass is 250 g/mol. The minimum absolute atomic E-state index is 0.0801. The molecule has 1 aromatic heterocycles. The zero-order valence-corrected chi connectivity index (χ0v) is 10.9. The molecule has 0 unspecified atom stereocenters. The summed E-state index contributed by atoms with van der Waals surface area (Å²) in [4.78, 5) is 15.9. The summed E-state index contributed by atoms with van der Waals surface area (Å²) in [5, 5.41) is 2.97. The largest absolute Gasteiger partial charge is 0.349 e. The van der Waals surface area contributed by atoms with Gasteiger partial charge in [0.05, 0.1) is 0 Å². The Morgan fingerprint density at radius 1 is 1.44 bits per heavy atom. The zero-order chi connectivity index (χ0) is 13.0. The van der Waals surface area contributed by atoms with Gasteiger partial charge in [-0.3, -0.25) is 4.79 Å². The molecule has 1 saturated carbocycles. The molecular weight excluding hydrogens is 228 g/mol. The molecule has 2 rings (SSSR count). The molecular formula is C13H22N4O. The molecule has 0 aromatic carbocycles. The van der Waals surface area contributed by atoms with Gasteiger partial charge in [-0.25, -0.2) is 4.98 Å². The highest BCUT2D eigenvalue weighted by Crippen LogP contribution is 2.27. The van der Waals surface area contributed by atoms with Crippen LogP contribution < -0.4 is 11.1 Å². The van der Waals surface area contributed by atoms with E-state index >= 15 is 0 Å². The predicted molar refractivity (Wildman–Crippen MR) is 70.0 cm³/mol. The molecule has 0 spiro atoms. The Morgan fingerprint density at radius 2 is 2.11 bits per heavy atom. The van der Waals surface area contributed by atoms with Crippen molar-refractivity contribution in [2.75, 3.05) is 13.1 Å². The van der Waals surface area contributed by atoms with E-state index in [0.717, 1.165) is 13.1 Å². The second kappa shape index (κ2) is 6.00. The molecule has 5 nitrogen and oxygen atoms in total. The predicted octanol–water partition coefficient (Wildman–Crippen LogP) is 0.915. The summed E-state index contributed by atoms with van der Waals surface area (Å²) < 4.78 is 1.74. The molecule has 0 radical (unpaired) electrons. The van der Waals surface area contributed by atoms with Gasteiger partial charge in [0.15, 0.2) is 5.82 Å². The normalized spacial score (nSPS) is 23.9. The third-order valence-electron chi connectivity index (χ3n) is 3.88. The lowest BCUT2D eigenvalue weighted by Gasteiger charge is -2.27. The summed E-state index contributed by atoms with van der Waals surface area (Å²) in [6.07, 6.45) is 8.15. The van der Waals surface area contributed by atoms with Crippen LogP contribution in [0.2, 0.25) is 0 Å². The minimum atomic E-state index is -0.0801. The topological polar surface area (TPSA) is 72.9 Å². The summed E-state index contributed by atoms with van der Waals surface area (Å²) in [5.74, 6) is 1.68. The molecule has 0 bridgehead atoms. The van der Waals surface area contributed by atoms with E-state index < -0.39 is 0 Å². The van der Waals surface area contributed by atoms with E-state index in [-0.39, 0.29) is 5.91 Å². The van der Waals surface area contributed by atoms with Gasteiger partial charge in [-0.1, -0.05) is 0 Å². The molecule has 0 atom stereocenters. The van der Waals surface area contributed by atoms with Crippen LogP contribution in [-0.4, -0.2) is 28.5 Å². The highest BCUT2D eigenvalue weighted by Gasteiger charge is 2.21. The average Bonchev–Trinajstić information content (AvgIpc) is 2.83. The molecule has 1 aliphatic carbocycles. The van der Waals surface area contributed by atoms with Crippen molar-refractivity contribution in [3.05, 3.63) is 18.2 Å².